The Bertz CT molecular complexity index is 586. The van der Waals surface area contributed by atoms with Crippen molar-refractivity contribution < 1.29 is 4.79 Å². The van der Waals surface area contributed by atoms with Crippen molar-refractivity contribution in [2.45, 2.75) is 6.54 Å². The van der Waals surface area contributed by atoms with Crippen molar-refractivity contribution >= 4 is 5.91 Å². The summed E-state index contributed by atoms with van der Waals surface area (Å²) in [6.45, 7) is 1.14. The third kappa shape index (κ3) is 2.85. The van der Waals surface area contributed by atoms with Crippen LogP contribution in [0.1, 0.15) is 10.4 Å². The second-order valence-electron chi connectivity index (χ2n) is 3.92. The highest BCUT2D eigenvalue weighted by atomic mass is 16.2. The van der Waals surface area contributed by atoms with E-state index >= 15 is 0 Å². The highest BCUT2D eigenvalue weighted by Gasteiger charge is 2.05. The lowest BCUT2D eigenvalue weighted by atomic mass is 10.2. The summed E-state index contributed by atoms with van der Waals surface area (Å²) >= 11 is 0. The van der Waals surface area contributed by atoms with E-state index in [-0.39, 0.29) is 11.5 Å². The average molecular weight is 246 g/mol. The van der Waals surface area contributed by atoms with Crippen LogP contribution < -0.4 is 10.9 Å². The fourth-order valence-corrected chi connectivity index (χ4v) is 1.51. The molecule has 0 atom stereocenters. The van der Waals surface area contributed by atoms with E-state index in [4.69, 9.17) is 0 Å². The molecule has 0 saturated carbocycles. The number of pyridine rings is 1. The quantitative estimate of drug-likeness (QED) is 0.826. The fourth-order valence-electron chi connectivity index (χ4n) is 1.51. The predicted octanol–water partition coefficient (Wildman–Crippen LogP) is 0.0118. The van der Waals surface area contributed by atoms with Gasteiger partial charge in [0.15, 0.2) is 0 Å². The second-order valence-corrected chi connectivity index (χ2v) is 3.92. The van der Waals surface area contributed by atoms with Gasteiger partial charge in [-0.15, -0.1) is 0 Å². The number of rotatable bonds is 4. The summed E-state index contributed by atoms with van der Waals surface area (Å²) in [5.74, 6) is -0.243. The number of aromatic nitrogens is 3. The molecule has 0 aromatic carbocycles. The molecule has 6 heteroatoms. The monoisotopic (exact) mass is 246 g/mol. The molecule has 0 radical (unpaired) electrons. The van der Waals surface area contributed by atoms with Gasteiger partial charge in [-0.3, -0.25) is 9.59 Å². The fraction of sp³-hybridized carbons (Fsp3) is 0.250. The summed E-state index contributed by atoms with van der Waals surface area (Å²) in [6.07, 6.45) is 6.77. The van der Waals surface area contributed by atoms with Crippen molar-refractivity contribution in [2.75, 3.05) is 6.54 Å². The molecular weight excluding hydrogens is 232 g/mol. The number of hydrogen-bond donors (Lipinski definition) is 1. The van der Waals surface area contributed by atoms with Gasteiger partial charge in [-0.1, -0.05) is 0 Å². The lowest BCUT2D eigenvalue weighted by Gasteiger charge is -2.06. The number of hydrogen-bond acceptors (Lipinski definition) is 3. The molecule has 0 unspecified atom stereocenters. The first-order valence-electron chi connectivity index (χ1n) is 5.57. The molecule has 0 aliphatic carbocycles. The molecule has 0 bridgehead atoms. The lowest BCUT2D eigenvalue weighted by molar-refractivity contribution is 0.0952. The molecule has 0 saturated heterocycles. The molecule has 2 rings (SSSR count). The molecule has 0 spiro atoms. The average Bonchev–Trinajstić information content (AvgIpc) is 2.85. The predicted molar refractivity (Wildman–Crippen MR) is 66.2 cm³/mol. The minimum atomic E-state index is -0.243. The number of nitrogens with one attached hydrogen (secondary N) is 1. The van der Waals surface area contributed by atoms with Crippen LogP contribution in [0.3, 0.4) is 0 Å². The van der Waals surface area contributed by atoms with Gasteiger partial charge in [0.05, 0.1) is 6.33 Å². The number of amides is 1. The molecule has 1 N–H and O–H groups in total. The van der Waals surface area contributed by atoms with Crippen LogP contribution in [0.15, 0.2) is 41.8 Å². The van der Waals surface area contributed by atoms with E-state index in [1.807, 2.05) is 10.8 Å². The minimum Gasteiger partial charge on any atom is -0.350 e. The molecule has 0 fully saturated rings. The second kappa shape index (κ2) is 5.31. The third-order valence-electron chi connectivity index (χ3n) is 2.58. The summed E-state index contributed by atoms with van der Waals surface area (Å²) in [6, 6.07) is 2.94. The first kappa shape index (κ1) is 12.1. The van der Waals surface area contributed by atoms with E-state index in [9.17, 15) is 9.59 Å². The third-order valence-corrected chi connectivity index (χ3v) is 2.58. The first-order valence-corrected chi connectivity index (χ1v) is 5.57. The SMILES string of the molecule is Cn1ccc(C(=O)NCCn2ccnc2)cc1=O. The zero-order valence-corrected chi connectivity index (χ0v) is 10.0. The zero-order valence-electron chi connectivity index (χ0n) is 10.0. The maximum Gasteiger partial charge on any atom is 0.251 e. The molecule has 2 aromatic rings. The smallest absolute Gasteiger partial charge is 0.251 e. The van der Waals surface area contributed by atoms with Crippen LogP contribution >= 0.6 is 0 Å². The van der Waals surface area contributed by atoms with Gasteiger partial charge in [0.1, 0.15) is 0 Å². The van der Waals surface area contributed by atoms with Crippen molar-refractivity contribution in [2.24, 2.45) is 7.05 Å². The van der Waals surface area contributed by atoms with Gasteiger partial charge in [0, 0.05) is 50.4 Å². The van der Waals surface area contributed by atoms with Gasteiger partial charge in [0.2, 0.25) is 0 Å². The molecule has 1 amide bonds. The van der Waals surface area contributed by atoms with Crippen LogP contribution in [-0.2, 0) is 13.6 Å². The molecule has 94 valence electrons. The van der Waals surface area contributed by atoms with Crippen molar-refractivity contribution in [3.63, 3.8) is 0 Å². The Kier molecular flexibility index (Phi) is 3.57. The van der Waals surface area contributed by atoms with Gasteiger partial charge >= 0.3 is 0 Å². The Labute approximate surface area is 104 Å². The normalized spacial score (nSPS) is 10.3. The molecule has 2 heterocycles. The van der Waals surface area contributed by atoms with Crippen LogP contribution in [-0.4, -0.2) is 26.6 Å². The molecule has 2 aromatic heterocycles. The van der Waals surface area contributed by atoms with E-state index in [0.717, 1.165) is 0 Å². The summed E-state index contributed by atoms with van der Waals surface area (Å²) < 4.78 is 3.28. The number of nitrogens with zero attached hydrogens (tertiary/aromatic N) is 3. The van der Waals surface area contributed by atoms with Gasteiger partial charge in [-0.2, -0.15) is 0 Å². The van der Waals surface area contributed by atoms with Crippen molar-refractivity contribution in [3.8, 4) is 0 Å². The number of carbonyl (C=O) groups is 1. The van der Waals surface area contributed by atoms with Gasteiger partial charge in [0.25, 0.3) is 11.5 Å². The summed E-state index contributed by atoms with van der Waals surface area (Å²) in [4.78, 5) is 27.0. The highest BCUT2D eigenvalue weighted by Crippen LogP contribution is 1.94. The Morgan fingerprint density at radius 3 is 2.94 bits per heavy atom. The summed E-state index contributed by atoms with van der Waals surface area (Å²) in [7, 11) is 1.64. The largest absolute Gasteiger partial charge is 0.350 e. The van der Waals surface area contributed by atoms with Gasteiger partial charge < -0.3 is 14.5 Å². The summed E-state index contributed by atoms with van der Waals surface area (Å²) in [5, 5.41) is 2.75. The lowest BCUT2D eigenvalue weighted by Crippen LogP contribution is -2.28. The zero-order chi connectivity index (χ0) is 13.0. The Morgan fingerprint density at radius 1 is 1.44 bits per heavy atom. The van der Waals surface area contributed by atoms with Crippen LogP contribution in [0.2, 0.25) is 0 Å². The number of imidazole rings is 1. The maximum absolute atomic E-state index is 11.8. The molecule has 0 aliphatic rings. The highest BCUT2D eigenvalue weighted by molar-refractivity contribution is 5.93. The van der Waals surface area contributed by atoms with Crippen LogP contribution in [0.25, 0.3) is 0 Å². The minimum absolute atomic E-state index is 0.197. The first-order chi connectivity index (χ1) is 8.66. The van der Waals surface area contributed by atoms with E-state index in [0.29, 0.717) is 18.7 Å². The maximum atomic E-state index is 11.8. The Hall–Kier alpha value is -2.37. The molecule has 0 aliphatic heterocycles. The molecule has 6 nitrogen and oxygen atoms in total. The number of carbonyl (C=O) groups excluding carboxylic acids is 1. The van der Waals surface area contributed by atoms with E-state index in [2.05, 4.69) is 10.3 Å². The van der Waals surface area contributed by atoms with E-state index in [1.54, 1.807) is 31.8 Å². The van der Waals surface area contributed by atoms with Crippen molar-refractivity contribution in [1.82, 2.24) is 19.4 Å². The Balaban J connectivity index is 1.91. The summed E-state index contributed by atoms with van der Waals surface area (Å²) in [5.41, 5.74) is 0.181. The molecular formula is C12H14N4O2. The Morgan fingerprint density at radius 2 is 2.28 bits per heavy atom. The topological polar surface area (TPSA) is 68.9 Å². The number of aryl methyl sites for hydroxylation is 1. The van der Waals surface area contributed by atoms with Gasteiger partial charge in [-0.25, -0.2) is 4.98 Å². The van der Waals surface area contributed by atoms with Crippen LogP contribution in [0.4, 0.5) is 0 Å². The van der Waals surface area contributed by atoms with Crippen molar-refractivity contribution in [1.29, 1.82) is 0 Å². The van der Waals surface area contributed by atoms with E-state index in [1.165, 1.54) is 10.6 Å². The van der Waals surface area contributed by atoms with E-state index < -0.39 is 0 Å². The standard InChI is InChI=1S/C12H14N4O2/c1-15-5-2-10(8-11(15)17)12(18)14-4-7-16-6-3-13-9-16/h2-3,5-6,8-9H,4,7H2,1H3,(H,14,18). The van der Waals surface area contributed by atoms with Crippen LogP contribution in [0.5, 0.6) is 0 Å². The van der Waals surface area contributed by atoms with Crippen molar-refractivity contribution in [3.05, 3.63) is 53.0 Å². The molecule has 18 heavy (non-hydrogen) atoms. The van der Waals surface area contributed by atoms with Gasteiger partial charge in [-0.05, 0) is 6.07 Å². The van der Waals surface area contributed by atoms with Crippen LogP contribution in [0, 0.1) is 0 Å².